The Morgan fingerprint density at radius 3 is 2.66 bits per heavy atom. The van der Waals surface area contributed by atoms with Crippen LogP contribution in [0.2, 0.25) is 0 Å². The maximum atomic E-state index is 13.8. The summed E-state index contributed by atoms with van der Waals surface area (Å²) in [7, 11) is 0. The summed E-state index contributed by atoms with van der Waals surface area (Å²) in [4.78, 5) is 16.5. The highest BCUT2D eigenvalue weighted by atomic mass is 19.1. The summed E-state index contributed by atoms with van der Waals surface area (Å²) >= 11 is 0. The van der Waals surface area contributed by atoms with E-state index >= 15 is 0 Å². The molecule has 0 aliphatic rings. The van der Waals surface area contributed by atoms with Gasteiger partial charge in [0.05, 0.1) is 6.54 Å². The Morgan fingerprint density at radius 2 is 1.91 bits per heavy atom. The van der Waals surface area contributed by atoms with Gasteiger partial charge in [-0.15, -0.1) is 5.10 Å². The Labute approximate surface area is 184 Å². The van der Waals surface area contributed by atoms with Gasteiger partial charge >= 0.3 is 0 Å². The summed E-state index contributed by atoms with van der Waals surface area (Å²) in [5.74, 6) is 1.10. The van der Waals surface area contributed by atoms with E-state index in [0.29, 0.717) is 17.2 Å². The van der Waals surface area contributed by atoms with Gasteiger partial charge < -0.3 is 9.15 Å². The number of anilines is 1. The maximum absolute atomic E-state index is 13.8. The molecule has 0 saturated carbocycles. The van der Waals surface area contributed by atoms with E-state index in [9.17, 15) is 9.18 Å². The molecule has 0 unspecified atom stereocenters. The molecule has 4 aromatic rings. The van der Waals surface area contributed by atoms with Crippen LogP contribution in [0.15, 0.2) is 71.4 Å². The van der Waals surface area contributed by atoms with E-state index in [1.165, 1.54) is 22.6 Å². The van der Waals surface area contributed by atoms with Gasteiger partial charge in [-0.1, -0.05) is 44.2 Å². The predicted molar refractivity (Wildman–Crippen MR) is 117 cm³/mol. The lowest BCUT2D eigenvalue weighted by Gasteiger charge is -2.07. The maximum Gasteiger partial charge on any atom is 0.293 e. The van der Waals surface area contributed by atoms with Crippen LogP contribution in [0, 0.1) is 5.82 Å². The number of hydrogen-bond donors (Lipinski definition) is 1. The number of rotatable bonds is 8. The third-order valence-electron chi connectivity index (χ3n) is 4.87. The third-order valence-corrected chi connectivity index (χ3v) is 4.87. The van der Waals surface area contributed by atoms with Crippen LogP contribution in [0.25, 0.3) is 0 Å². The molecule has 0 spiro atoms. The molecule has 0 aliphatic heterocycles. The lowest BCUT2D eigenvalue weighted by atomic mass is 10.0. The number of halogens is 1. The average molecular weight is 434 g/mol. The standard InChI is InChI=1S/C24H23FN4O3/c1-16(2)17-7-9-19(10-8-17)31-14-20-11-12-22(32-20)23(30)27-24-26-15-29(28-24)13-18-5-3-4-6-21(18)25/h3-12,15-16H,13-14H2,1-2H3,(H,27,28,30). The van der Waals surface area contributed by atoms with Gasteiger partial charge in [-0.05, 0) is 41.8 Å². The molecule has 32 heavy (non-hydrogen) atoms. The predicted octanol–water partition coefficient (Wildman–Crippen LogP) is 5.01. The highest BCUT2D eigenvalue weighted by molar-refractivity contribution is 6.01. The van der Waals surface area contributed by atoms with Crippen LogP contribution in [0.5, 0.6) is 5.75 Å². The summed E-state index contributed by atoms with van der Waals surface area (Å²) in [6, 6.07) is 17.5. The Bertz CT molecular complexity index is 1200. The van der Waals surface area contributed by atoms with Crippen molar-refractivity contribution in [2.24, 2.45) is 0 Å². The molecule has 0 aliphatic carbocycles. The fraction of sp³-hybridized carbons (Fsp3) is 0.208. The highest BCUT2D eigenvalue weighted by Crippen LogP contribution is 2.20. The third kappa shape index (κ3) is 5.21. The molecule has 4 rings (SSSR count). The molecule has 0 bridgehead atoms. The number of ether oxygens (including phenoxy) is 1. The number of nitrogens with zero attached hydrogens (tertiary/aromatic N) is 3. The quantitative estimate of drug-likeness (QED) is 0.421. The summed E-state index contributed by atoms with van der Waals surface area (Å²) in [5.41, 5.74) is 1.71. The normalized spacial score (nSPS) is 11.0. The smallest absolute Gasteiger partial charge is 0.293 e. The first-order valence-corrected chi connectivity index (χ1v) is 10.2. The molecule has 2 aromatic carbocycles. The molecule has 8 heteroatoms. The number of aromatic nitrogens is 3. The number of carbonyl (C=O) groups excluding carboxylic acids is 1. The second-order valence-corrected chi connectivity index (χ2v) is 7.59. The van der Waals surface area contributed by atoms with Crippen LogP contribution in [0.3, 0.4) is 0 Å². The van der Waals surface area contributed by atoms with Crippen molar-refractivity contribution >= 4 is 11.9 Å². The number of amides is 1. The van der Waals surface area contributed by atoms with Crippen molar-refractivity contribution in [3.8, 4) is 5.75 Å². The number of furan rings is 1. The Balaban J connectivity index is 1.32. The fourth-order valence-corrected chi connectivity index (χ4v) is 3.07. The largest absolute Gasteiger partial charge is 0.486 e. The van der Waals surface area contributed by atoms with Gasteiger partial charge in [-0.25, -0.2) is 14.1 Å². The minimum absolute atomic E-state index is 0.103. The summed E-state index contributed by atoms with van der Waals surface area (Å²) in [6.07, 6.45) is 1.42. The Hall–Kier alpha value is -3.94. The highest BCUT2D eigenvalue weighted by Gasteiger charge is 2.14. The number of benzene rings is 2. The molecular weight excluding hydrogens is 411 g/mol. The van der Waals surface area contributed by atoms with Crippen molar-refractivity contribution in [1.29, 1.82) is 0 Å². The zero-order valence-corrected chi connectivity index (χ0v) is 17.8. The van der Waals surface area contributed by atoms with Crippen LogP contribution in [0.4, 0.5) is 10.3 Å². The average Bonchev–Trinajstić information content (AvgIpc) is 3.44. The van der Waals surface area contributed by atoms with Crippen molar-refractivity contribution < 1.29 is 18.3 Å². The van der Waals surface area contributed by atoms with Crippen molar-refractivity contribution in [2.75, 3.05) is 5.32 Å². The second kappa shape index (κ2) is 9.47. The van der Waals surface area contributed by atoms with Crippen molar-refractivity contribution in [3.05, 3.63) is 95.5 Å². The molecule has 164 valence electrons. The number of nitrogens with one attached hydrogen (secondary N) is 1. The fourth-order valence-electron chi connectivity index (χ4n) is 3.07. The van der Waals surface area contributed by atoms with Crippen LogP contribution in [-0.4, -0.2) is 20.7 Å². The Kier molecular flexibility index (Phi) is 6.30. The van der Waals surface area contributed by atoms with E-state index < -0.39 is 5.91 Å². The van der Waals surface area contributed by atoms with E-state index in [1.807, 2.05) is 24.3 Å². The second-order valence-electron chi connectivity index (χ2n) is 7.59. The van der Waals surface area contributed by atoms with Gasteiger partial charge in [0.2, 0.25) is 5.95 Å². The summed E-state index contributed by atoms with van der Waals surface area (Å²) in [6.45, 7) is 4.67. The van der Waals surface area contributed by atoms with Gasteiger partial charge in [-0.3, -0.25) is 10.1 Å². The van der Waals surface area contributed by atoms with E-state index in [-0.39, 0.29) is 30.7 Å². The van der Waals surface area contributed by atoms with Crippen molar-refractivity contribution in [3.63, 3.8) is 0 Å². The van der Waals surface area contributed by atoms with Crippen molar-refractivity contribution in [1.82, 2.24) is 14.8 Å². The molecule has 2 heterocycles. The Morgan fingerprint density at radius 1 is 1.12 bits per heavy atom. The number of hydrogen-bond acceptors (Lipinski definition) is 5. The lowest BCUT2D eigenvalue weighted by molar-refractivity contribution is 0.0991. The summed E-state index contributed by atoms with van der Waals surface area (Å²) < 4.78 is 26.5. The molecule has 1 N–H and O–H groups in total. The van der Waals surface area contributed by atoms with E-state index in [0.717, 1.165) is 5.75 Å². The minimum Gasteiger partial charge on any atom is -0.486 e. The van der Waals surface area contributed by atoms with Gasteiger partial charge in [-0.2, -0.15) is 0 Å². The van der Waals surface area contributed by atoms with E-state index in [2.05, 4.69) is 29.2 Å². The first-order chi connectivity index (χ1) is 15.5. The molecule has 0 radical (unpaired) electrons. The van der Waals surface area contributed by atoms with Crippen LogP contribution in [0.1, 0.15) is 47.2 Å². The molecule has 0 saturated heterocycles. The van der Waals surface area contributed by atoms with Crippen LogP contribution in [-0.2, 0) is 13.2 Å². The minimum atomic E-state index is -0.485. The topological polar surface area (TPSA) is 82.2 Å². The van der Waals surface area contributed by atoms with Gasteiger partial charge in [0.1, 0.15) is 30.3 Å². The first-order valence-electron chi connectivity index (χ1n) is 10.2. The van der Waals surface area contributed by atoms with E-state index in [1.54, 1.807) is 30.3 Å². The zero-order chi connectivity index (χ0) is 22.5. The SMILES string of the molecule is CC(C)c1ccc(OCc2ccc(C(=O)Nc3ncn(Cc4ccccc4F)n3)o2)cc1. The summed E-state index contributed by atoms with van der Waals surface area (Å²) in [5, 5.41) is 6.73. The molecule has 0 atom stereocenters. The monoisotopic (exact) mass is 434 g/mol. The molecule has 0 fully saturated rings. The van der Waals surface area contributed by atoms with Gasteiger partial charge in [0, 0.05) is 5.56 Å². The van der Waals surface area contributed by atoms with E-state index in [4.69, 9.17) is 9.15 Å². The lowest BCUT2D eigenvalue weighted by Crippen LogP contribution is -2.12. The van der Waals surface area contributed by atoms with Gasteiger partial charge in [0.25, 0.3) is 5.91 Å². The van der Waals surface area contributed by atoms with Crippen molar-refractivity contribution in [2.45, 2.75) is 32.9 Å². The molecule has 7 nitrogen and oxygen atoms in total. The first kappa shape index (κ1) is 21.3. The zero-order valence-electron chi connectivity index (χ0n) is 17.8. The molecular formula is C24H23FN4O3. The molecule has 1 amide bonds. The van der Waals surface area contributed by atoms with Crippen LogP contribution < -0.4 is 10.1 Å². The van der Waals surface area contributed by atoms with Crippen LogP contribution >= 0.6 is 0 Å². The molecule has 2 aromatic heterocycles. The number of carbonyl (C=O) groups is 1. The van der Waals surface area contributed by atoms with Gasteiger partial charge in [0.15, 0.2) is 5.76 Å².